The molecule has 0 unspecified atom stereocenters. The molecule has 28 heavy (non-hydrogen) atoms. The number of carbonyl (C=O) groups excluding carboxylic acids is 1. The maximum Gasteiger partial charge on any atom is 0.261 e. The summed E-state index contributed by atoms with van der Waals surface area (Å²) in [6.07, 6.45) is 0.874. The third kappa shape index (κ3) is 4.45. The number of benzene rings is 2. The van der Waals surface area contributed by atoms with Gasteiger partial charge >= 0.3 is 0 Å². The van der Waals surface area contributed by atoms with Gasteiger partial charge in [-0.25, -0.2) is 8.42 Å². The Hall–Kier alpha value is -2.58. The van der Waals surface area contributed by atoms with Crippen molar-refractivity contribution < 1.29 is 22.7 Å². The van der Waals surface area contributed by atoms with Crippen molar-refractivity contribution in [2.45, 2.75) is 18.2 Å². The minimum atomic E-state index is -3.85. The molecule has 2 aromatic rings. The molecule has 2 aromatic carbocycles. The average molecular weight is 404 g/mol. The van der Waals surface area contributed by atoms with Gasteiger partial charge in [0.15, 0.2) is 0 Å². The molecule has 1 aliphatic heterocycles. The number of sulfonamides is 1. The maximum atomic E-state index is 12.9. The Kier molecular flexibility index (Phi) is 6.21. The molecular formula is C20H24N2O5S. The first-order valence-electron chi connectivity index (χ1n) is 9.11. The third-order valence-corrected chi connectivity index (χ3v) is 6.00. The summed E-state index contributed by atoms with van der Waals surface area (Å²) in [6.45, 7) is 3.87. The summed E-state index contributed by atoms with van der Waals surface area (Å²) < 4.78 is 38.7. The van der Waals surface area contributed by atoms with E-state index in [1.807, 2.05) is 19.1 Å². The van der Waals surface area contributed by atoms with Gasteiger partial charge in [0.25, 0.3) is 15.9 Å². The van der Waals surface area contributed by atoms with Gasteiger partial charge in [0.05, 0.1) is 30.8 Å². The number of hydrogen-bond donors (Lipinski definition) is 1. The van der Waals surface area contributed by atoms with Crippen LogP contribution in [0.3, 0.4) is 0 Å². The first-order chi connectivity index (χ1) is 13.4. The van der Waals surface area contributed by atoms with Crippen LogP contribution >= 0.6 is 0 Å². The second kappa shape index (κ2) is 8.62. The highest BCUT2D eigenvalue weighted by Crippen LogP contribution is 2.26. The lowest BCUT2D eigenvalue weighted by Crippen LogP contribution is -2.40. The number of anilines is 1. The average Bonchev–Trinajstić information content (AvgIpc) is 2.73. The van der Waals surface area contributed by atoms with Crippen molar-refractivity contribution in [1.82, 2.24) is 4.90 Å². The van der Waals surface area contributed by atoms with Crippen molar-refractivity contribution >= 4 is 21.6 Å². The number of nitrogens with zero attached hydrogens (tertiary/aromatic N) is 1. The Balaban J connectivity index is 1.89. The Labute approximate surface area is 165 Å². The van der Waals surface area contributed by atoms with Crippen molar-refractivity contribution in [3.8, 4) is 5.75 Å². The van der Waals surface area contributed by atoms with Gasteiger partial charge in [0.1, 0.15) is 5.75 Å². The van der Waals surface area contributed by atoms with E-state index >= 15 is 0 Å². The predicted octanol–water partition coefficient (Wildman–Crippen LogP) is 2.53. The first kappa shape index (κ1) is 20.2. The second-order valence-electron chi connectivity index (χ2n) is 6.42. The fraction of sp³-hybridized carbons (Fsp3) is 0.350. The smallest absolute Gasteiger partial charge is 0.261 e. The van der Waals surface area contributed by atoms with Crippen LogP contribution in [0.5, 0.6) is 5.75 Å². The van der Waals surface area contributed by atoms with Crippen LogP contribution in [0.2, 0.25) is 0 Å². The fourth-order valence-electron chi connectivity index (χ4n) is 2.98. The van der Waals surface area contributed by atoms with Crippen LogP contribution in [0.15, 0.2) is 47.4 Å². The highest BCUT2D eigenvalue weighted by Gasteiger charge is 2.24. The summed E-state index contributed by atoms with van der Waals surface area (Å²) in [7, 11) is -2.39. The SMILES string of the molecule is CCc1ccc(NS(=O)(=O)c2ccc(OC)c(C(=O)N3CCOCC3)c2)cc1. The standard InChI is InChI=1S/C20H24N2O5S/c1-3-15-4-6-16(7-5-15)21-28(24,25)17-8-9-19(26-2)18(14-17)20(23)22-10-12-27-13-11-22/h4-9,14,21H,3,10-13H2,1-2H3. The molecule has 0 radical (unpaired) electrons. The van der Waals surface area contributed by atoms with Crippen molar-refractivity contribution in [2.75, 3.05) is 38.1 Å². The number of carbonyl (C=O) groups is 1. The van der Waals surface area contributed by atoms with Crippen LogP contribution in [0.25, 0.3) is 0 Å². The van der Waals surface area contributed by atoms with Crippen molar-refractivity contribution in [3.63, 3.8) is 0 Å². The van der Waals surface area contributed by atoms with Crippen molar-refractivity contribution in [3.05, 3.63) is 53.6 Å². The molecule has 0 atom stereocenters. The van der Waals surface area contributed by atoms with Crippen LogP contribution in [0.4, 0.5) is 5.69 Å². The number of methoxy groups -OCH3 is 1. The number of nitrogens with one attached hydrogen (secondary N) is 1. The number of ether oxygens (including phenoxy) is 2. The Morgan fingerprint density at radius 1 is 1.14 bits per heavy atom. The van der Waals surface area contributed by atoms with E-state index in [-0.39, 0.29) is 16.4 Å². The van der Waals surface area contributed by atoms with Crippen LogP contribution < -0.4 is 9.46 Å². The minimum Gasteiger partial charge on any atom is -0.496 e. The zero-order valence-electron chi connectivity index (χ0n) is 16.0. The van der Waals surface area contributed by atoms with E-state index in [4.69, 9.17) is 9.47 Å². The summed E-state index contributed by atoms with van der Waals surface area (Å²) in [5, 5.41) is 0. The molecule has 1 heterocycles. The molecule has 1 aliphatic rings. The summed E-state index contributed by atoms with van der Waals surface area (Å²) in [6, 6.07) is 11.5. The molecule has 0 aromatic heterocycles. The highest BCUT2D eigenvalue weighted by atomic mass is 32.2. The first-order valence-corrected chi connectivity index (χ1v) is 10.6. The second-order valence-corrected chi connectivity index (χ2v) is 8.11. The molecule has 1 saturated heterocycles. The number of rotatable bonds is 6. The Morgan fingerprint density at radius 3 is 2.43 bits per heavy atom. The van der Waals surface area contributed by atoms with E-state index < -0.39 is 10.0 Å². The van der Waals surface area contributed by atoms with Crippen LogP contribution in [-0.2, 0) is 21.2 Å². The van der Waals surface area contributed by atoms with Gasteiger partial charge in [-0.2, -0.15) is 0 Å². The highest BCUT2D eigenvalue weighted by molar-refractivity contribution is 7.92. The van der Waals surface area contributed by atoms with Gasteiger partial charge in [-0.15, -0.1) is 0 Å². The molecule has 1 amide bonds. The fourth-order valence-corrected chi connectivity index (χ4v) is 4.07. The van der Waals surface area contributed by atoms with E-state index in [1.54, 1.807) is 17.0 Å². The summed E-state index contributed by atoms with van der Waals surface area (Å²) >= 11 is 0. The summed E-state index contributed by atoms with van der Waals surface area (Å²) in [4.78, 5) is 14.5. The van der Waals surface area contributed by atoms with Gasteiger partial charge in [-0.05, 0) is 42.3 Å². The lowest BCUT2D eigenvalue weighted by molar-refractivity contribution is 0.0300. The monoisotopic (exact) mass is 404 g/mol. The number of aryl methyl sites for hydroxylation is 1. The van der Waals surface area contributed by atoms with Crippen LogP contribution in [0, 0.1) is 0 Å². The zero-order chi connectivity index (χ0) is 20.1. The normalized spacial score (nSPS) is 14.6. The lowest BCUT2D eigenvalue weighted by Gasteiger charge is -2.27. The quantitative estimate of drug-likeness (QED) is 0.800. The molecule has 1 N–H and O–H groups in total. The van der Waals surface area contributed by atoms with Gasteiger partial charge < -0.3 is 14.4 Å². The molecule has 1 fully saturated rings. The van der Waals surface area contributed by atoms with E-state index in [0.29, 0.717) is 37.7 Å². The van der Waals surface area contributed by atoms with Gasteiger partial charge in [-0.1, -0.05) is 19.1 Å². The molecule has 0 saturated carbocycles. The van der Waals surface area contributed by atoms with Crippen molar-refractivity contribution in [1.29, 1.82) is 0 Å². The third-order valence-electron chi connectivity index (χ3n) is 4.62. The predicted molar refractivity (Wildman–Crippen MR) is 106 cm³/mol. The molecule has 0 spiro atoms. The zero-order valence-corrected chi connectivity index (χ0v) is 16.8. The molecule has 7 nitrogen and oxygen atoms in total. The van der Waals surface area contributed by atoms with Crippen LogP contribution in [0.1, 0.15) is 22.8 Å². The van der Waals surface area contributed by atoms with Gasteiger partial charge in [0, 0.05) is 18.8 Å². The maximum absolute atomic E-state index is 12.9. The van der Waals surface area contributed by atoms with E-state index in [9.17, 15) is 13.2 Å². The minimum absolute atomic E-state index is 0.00415. The Morgan fingerprint density at radius 2 is 1.82 bits per heavy atom. The van der Waals surface area contributed by atoms with E-state index in [0.717, 1.165) is 12.0 Å². The molecule has 0 aliphatic carbocycles. The number of hydrogen-bond acceptors (Lipinski definition) is 5. The molecule has 8 heteroatoms. The van der Waals surface area contributed by atoms with Gasteiger partial charge in [-0.3, -0.25) is 9.52 Å². The lowest BCUT2D eigenvalue weighted by atomic mass is 10.1. The molecule has 0 bridgehead atoms. The molecule has 3 rings (SSSR count). The van der Waals surface area contributed by atoms with E-state index in [1.165, 1.54) is 25.3 Å². The number of amides is 1. The summed E-state index contributed by atoms with van der Waals surface area (Å²) in [5.74, 6) is 0.0623. The molecular weight excluding hydrogens is 380 g/mol. The number of morpholine rings is 1. The topological polar surface area (TPSA) is 84.9 Å². The van der Waals surface area contributed by atoms with Gasteiger partial charge in [0.2, 0.25) is 0 Å². The molecule has 150 valence electrons. The Bertz CT molecular complexity index is 936. The van der Waals surface area contributed by atoms with Crippen LogP contribution in [-0.4, -0.2) is 52.6 Å². The summed E-state index contributed by atoms with van der Waals surface area (Å²) in [5.41, 5.74) is 1.80. The van der Waals surface area contributed by atoms with E-state index in [2.05, 4.69) is 4.72 Å². The largest absolute Gasteiger partial charge is 0.496 e. The van der Waals surface area contributed by atoms with Crippen molar-refractivity contribution in [2.24, 2.45) is 0 Å².